The van der Waals surface area contributed by atoms with E-state index in [1.54, 1.807) is 54.3 Å². The standard InChI is InChI=1S/C21H19N3O2/c1-15-4-3-5-16(14-15)6-11-19(25)23-18-9-7-17(8-10-18)20(26)21-22-12-13-24(21)2/h3-14H,1-2H3,(H,23,25)/b11-6+. The molecule has 0 fully saturated rings. The molecule has 26 heavy (non-hydrogen) atoms. The monoisotopic (exact) mass is 345 g/mol. The van der Waals surface area contributed by atoms with E-state index in [9.17, 15) is 9.59 Å². The molecule has 130 valence electrons. The molecule has 0 radical (unpaired) electrons. The van der Waals surface area contributed by atoms with Gasteiger partial charge in [0.25, 0.3) is 0 Å². The van der Waals surface area contributed by atoms with Crippen molar-refractivity contribution in [1.82, 2.24) is 9.55 Å². The van der Waals surface area contributed by atoms with Crippen LogP contribution >= 0.6 is 0 Å². The quantitative estimate of drug-likeness (QED) is 0.567. The number of rotatable bonds is 5. The number of carbonyl (C=O) groups is 2. The summed E-state index contributed by atoms with van der Waals surface area (Å²) in [7, 11) is 1.77. The molecule has 5 nitrogen and oxygen atoms in total. The number of hydrogen-bond acceptors (Lipinski definition) is 3. The van der Waals surface area contributed by atoms with Gasteiger partial charge in [-0.25, -0.2) is 4.98 Å². The van der Waals surface area contributed by atoms with Crippen LogP contribution in [-0.4, -0.2) is 21.2 Å². The molecule has 0 spiro atoms. The molecule has 1 heterocycles. The zero-order valence-corrected chi connectivity index (χ0v) is 14.6. The number of benzene rings is 2. The van der Waals surface area contributed by atoms with E-state index in [2.05, 4.69) is 10.3 Å². The van der Waals surface area contributed by atoms with Crippen LogP contribution in [0.2, 0.25) is 0 Å². The van der Waals surface area contributed by atoms with Crippen molar-refractivity contribution in [3.8, 4) is 0 Å². The first-order valence-electron chi connectivity index (χ1n) is 8.21. The molecule has 0 bridgehead atoms. The van der Waals surface area contributed by atoms with E-state index in [1.807, 2.05) is 31.2 Å². The van der Waals surface area contributed by atoms with Crippen molar-refractivity contribution in [2.45, 2.75) is 6.92 Å². The van der Waals surface area contributed by atoms with Gasteiger partial charge in [0.15, 0.2) is 5.82 Å². The lowest BCUT2D eigenvalue weighted by atomic mass is 10.1. The Labute approximate surface area is 152 Å². The molecule has 1 N–H and O–H groups in total. The summed E-state index contributed by atoms with van der Waals surface area (Å²) in [6, 6.07) is 14.7. The fourth-order valence-electron chi connectivity index (χ4n) is 2.55. The highest BCUT2D eigenvalue weighted by molar-refractivity contribution is 6.07. The molecule has 0 unspecified atom stereocenters. The van der Waals surface area contributed by atoms with Crippen LogP contribution in [-0.2, 0) is 11.8 Å². The zero-order valence-electron chi connectivity index (χ0n) is 14.6. The van der Waals surface area contributed by atoms with Gasteiger partial charge >= 0.3 is 0 Å². The van der Waals surface area contributed by atoms with Crippen LogP contribution < -0.4 is 5.32 Å². The van der Waals surface area contributed by atoms with Gasteiger partial charge in [0.1, 0.15) is 0 Å². The van der Waals surface area contributed by atoms with Crippen LogP contribution in [0.5, 0.6) is 0 Å². The first-order chi connectivity index (χ1) is 12.5. The summed E-state index contributed by atoms with van der Waals surface area (Å²) in [4.78, 5) is 28.5. The van der Waals surface area contributed by atoms with Crippen molar-refractivity contribution in [3.63, 3.8) is 0 Å². The highest BCUT2D eigenvalue weighted by Crippen LogP contribution is 2.13. The van der Waals surface area contributed by atoms with Gasteiger partial charge in [-0.15, -0.1) is 0 Å². The minimum absolute atomic E-state index is 0.158. The molecular formula is C21H19N3O2. The topological polar surface area (TPSA) is 64.0 Å². The molecular weight excluding hydrogens is 326 g/mol. The van der Waals surface area contributed by atoms with Gasteiger partial charge in [0.2, 0.25) is 11.7 Å². The SMILES string of the molecule is Cc1cccc(/C=C/C(=O)Nc2ccc(C(=O)c3nccn3C)cc2)c1. The molecule has 1 aromatic heterocycles. The molecule has 0 aliphatic rings. The number of hydrogen-bond donors (Lipinski definition) is 1. The Morgan fingerprint density at radius 2 is 1.88 bits per heavy atom. The third-order valence-corrected chi connectivity index (χ3v) is 3.91. The molecule has 2 aromatic carbocycles. The van der Waals surface area contributed by atoms with E-state index >= 15 is 0 Å². The van der Waals surface area contributed by atoms with Crippen molar-refractivity contribution >= 4 is 23.5 Å². The first-order valence-corrected chi connectivity index (χ1v) is 8.21. The number of nitrogens with one attached hydrogen (secondary N) is 1. The largest absolute Gasteiger partial charge is 0.331 e. The van der Waals surface area contributed by atoms with Gasteiger partial charge in [0.05, 0.1) is 0 Å². The average molecular weight is 345 g/mol. The average Bonchev–Trinajstić information content (AvgIpc) is 3.06. The molecule has 0 saturated heterocycles. The number of nitrogens with zero attached hydrogens (tertiary/aromatic N) is 2. The Balaban J connectivity index is 1.65. The Hall–Kier alpha value is -3.47. The van der Waals surface area contributed by atoms with Gasteiger partial charge in [0, 0.05) is 36.8 Å². The maximum Gasteiger partial charge on any atom is 0.248 e. The summed E-state index contributed by atoms with van der Waals surface area (Å²) in [5.74, 6) is -0.00715. The van der Waals surface area contributed by atoms with Gasteiger partial charge < -0.3 is 9.88 Å². The van der Waals surface area contributed by atoms with Gasteiger partial charge in [-0.1, -0.05) is 29.8 Å². The predicted octanol–water partition coefficient (Wildman–Crippen LogP) is 3.61. The molecule has 0 aliphatic carbocycles. The van der Waals surface area contributed by atoms with Crippen LogP contribution in [0.4, 0.5) is 5.69 Å². The van der Waals surface area contributed by atoms with E-state index in [1.165, 1.54) is 6.08 Å². The van der Waals surface area contributed by atoms with E-state index in [4.69, 9.17) is 0 Å². The summed E-state index contributed by atoms with van der Waals surface area (Å²) in [6.07, 6.45) is 6.56. The second kappa shape index (κ2) is 7.61. The van der Waals surface area contributed by atoms with Crippen LogP contribution in [0.1, 0.15) is 27.3 Å². The number of aryl methyl sites for hydroxylation is 2. The highest BCUT2D eigenvalue weighted by Gasteiger charge is 2.13. The minimum Gasteiger partial charge on any atom is -0.331 e. The number of amides is 1. The Bertz CT molecular complexity index is 969. The zero-order chi connectivity index (χ0) is 18.5. The lowest BCUT2D eigenvalue weighted by molar-refractivity contribution is -0.111. The number of aromatic nitrogens is 2. The number of ketones is 1. The minimum atomic E-state index is -0.227. The fourth-order valence-corrected chi connectivity index (χ4v) is 2.55. The fraction of sp³-hybridized carbons (Fsp3) is 0.0952. The Morgan fingerprint density at radius 3 is 2.54 bits per heavy atom. The molecule has 1 amide bonds. The third kappa shape index (κ3) is 4.13. The predicted molar refractivity (Wildman–Crippen MR) is 102 cm³/mol. The van der Waals surface area contributed by atoms with E-state index in [0.29, 0.717) is 17.1 Å². The normalized spacial score (nSPS) is 10.8. The van der Waals surface area contributed by atoms with E-state index < -0.39 is 0 Å². The molecule has 5 heteroatoms. The number of anilines is 1. The summed E-state index contributed by atoms with van der Waals surface area (Å²) < 4.78 is 1.67. The number of imidazole rings is 1. The summed E-state index contributed by atoms with van der Waals surface area (Å²) in [5, 5.41) is 2.78. The molecule has 3 aromatic rings. The van der Waals surface area contributed by atoms with Crippen LogP contribution in [0, 0.1) is 6.92 Å². The highest BCUT2D eigenvalue weighted by atomic mass is 16.1. The van der Waals surface area contributed by atoms with Crippen molar-refractivity contribution in [1.29, 1.82) is 0 Å². The van der Waals surface area contributed by atoms with Crippen molar-refractivity contribution < 1.29 is 9.59 Å². The van der Waals surface area contributed by atoms with E-state index in [-0.39, 0.29) is 11.7 Å². The summed E-state index contributed by atoms with van der Waals surface area (Å²) in [6.45, 7) is 2.01. The molecule has 0 atom stereocenters. The smallest absolute Gasteiger partial charge is 0.248 e. The second-order valence-electron chi connectivity index (χ2n) is 6.00. The second-order valence-corrected chi connectivity index (χ2v) is 6.00. The van der Waals surface area contributed by atoms with Gasteiger partial charge in [-0.3, -0.25) is 9.59 Å². The molecule has 0 aliphatic heterocycles. The Kier molecular flexibility index (Phi) is 5.08. The summed E-state index contributed by atoms with van der Waals surface area (Å²) >= 11 is 0. The van der Waals surface area contributed by atoms with Crippen LogP contribution in [0.3, 0.4) is 0 Å². The summed E-state index contributed by atoms with van der Waals surface area (Å²) in [5.41, 5.74) is 3.25. The van der Waals surface area contributed by atoms with Crippen molar-refractivity contribution in [2.75, 3.05) is 5.32 Å². The first kappa shape index (κ1) is 17.4. The lowest BCUT2D eigenvalue weighted by Gasteiger charge is -2.05. The van der Waals surface area contributed by atoms with E-state index in [0.717, 1.165) is 11.1 Å². The molecule has 3 rings (SSSR count). The van der Waals surface area contributed by atoms with Crippen molar-refractivity contribution in [2.24, 2.45) is 7.05 Å². The number of carbonyl (C=O) groups excluding carboxylic acids is 2. The lowest BCUT2D eigenvalue weighted by Crippen LogP contribution is -2.10. The van der Waals surface area contributed by atoms with Gasteiger partial charge in [-0.05, 0) is 42.8 Å². The maximum absolute atomic E-state index is 12.4. The maximum atomic E-state index is 12.4. The molecule has 0 saturated carbocycles. The van der Waals surface area contributed by atoms with Crippen LogP contribution in [0.25, 0.3) is 6.08 Å². The van der Waals surface area contributed by atoms with Gasteiger partial charge in [-0.2, -0.15) is 0 Å². The van der Waals surface area contributed by atoms with Crippen molar-refractivity contribution in [3.05, 3.63) is 89.5 Å². The van der Waals surface area contributed by atoms with Crippen LogP contribution in [0.15, 0.2) is 67.0 Å². The Morgan fingerprint density at radius 1 is 1.12 bits per heavy atom. The third-order valence-electron chi connectivity index (χ3n) is 3.91.